The zero-order chi connectivity index (χ0) is 19.1. The van der Waals surface area contributed by atoms with Crippen LogP contribution in [0.3, 0.4) is 0 Å². The Balaban J connectivity index is 1.97. The van der Waals surface area contributed by atoms with Crippen molar-refractivity contribution in [1.29, 1.82) is 0 Å². The fraction of sp³-hybridized carbons (Fsp3) is 0.238. The first kappa shape index (κ1) is 18.1. The molecule has 0 unspecified atom stereocenters. The van der Waals surface area contributed by atoms with Gasteiger partial charge in [0.05, 0.1) is 5.69 Å². The number of aromatic nitrogens is 2. The summed E-state index contributed by atoms with van der Waals surface area (Å²) in [5.41, 5.74) is 3.16. The predicted molar refractivity (Wildman–Crippen MR) is 109 cm³/mol. The topological polar surface area (TPSA) is 38.1 Å². The van der Waals surface area contributed by atoms with E-state index in [2.05, 4.69) is 0 Å². The van der Waals surface area contributed by atoms with E-state index in [4.69, 9.17) is 28.2 Å². The molecule has 138 valence electrons. The van der Waals surface area contributed by atoms with Crippen LogP contribution in [0.1, 0.15) is 30.0 Å². The number of carbonyl (C=O) groups is 1. The first-order valence-corrected chi connectivity index (χ1v) is 9.66. The molecule has 1 aliphatic heterocycles. The summed E-state index contributed by atoms with van der Waals surface area (Å²) in [6, 6.07) is 15.1. The van der Waals surface area contributed by atoms with Gasteiger partial charge in [0.15, 0.2) is 0 Å². The van der Waals surface area contributed by atoms with Crippen molar-refractivity contribution in [3.8, 4) is 17.1 Å². The third-order valence-electron chi connectivity index (χ3n) is 4.79. The first-order valence-electron chi connectivity index (χ1n) is 8.90. The number of amides is 1. The fourth-order valence-corrected chi connectivity index (χ4v) is 3.79. The van der Waals surface area contributed by atoms with E-state index in [1.807, 2.05) is 71.8 Å². The van der Waals surface area contributed by atoms with Crippen LogP contribution in [0.25, 0.3) is 17.1 Å². The minimum atomic E-state index is 0.00183. The second kappa shape index (κ2) is 7.02. The van der Waals surface area contributed by atoms with Crippen LogP contribution in [0.4, 0.5) is 0 Å². The molecule has 0 atom stereocenters. The molecule has 2 heterocycles. The highest BCUT2D eigenvalue weighted by Gasteiger charge is 2.33. The third-order valence-corrected chi connectivity index (χ3v) is 5.28. The van der Waals surface area contributed by atoms with Gasteiger partial charge in [0, 0.05) is 40.3 Å². The van der Waals surface area contributed by atoms with Gasteiger partial charge in [-0.25, -0.2) is 4.98 Å². The second-order valence-electron chi connectivity index (χ2n) is 6.90. The molecule has 0 radical (unpaired) electrons. The molecule has 1 aliphatic rings. The lowest BCUT2D eigenvalue weighted by molar-refractivity contribution is 0.0678. The Morgan fingerprint density at radius 1 is 1.04 bits per heavy atom. The molecule has 0 N–H and O–H groups in total. The Kier molecular flexibility index (Phi) is 4.70. The summed E-state index contributed by atoms with van der Waals surface area (Å²) in [4.78, 5) is 20.0. The number of imidazole rings is 1. The molecule has 1 aromatic heterocycles. The number of nitrogens with zero attached hydrogens (tertiary/aromatic N) is 3. The van der Waals surface area contributed by atoms with Gasteiger partial charge in [-0.05, 0) is 50.2 Å². The van der Waals surface area contributed by atoms with E-state index in [1.54, 1.807) is 0 Å². The smallest absolute Gasteiger partial charge is 0.273 e. The van der Waals surface area contributed by atoms with E-state index in [0.717, 1.165) is 23.4 Å². The van der Waals surface area contributed by atoms with Gasteiger partial charge < -0.3 is 4.90 Å². The average molecular weight is 400 g/mol. The van der Waals surface area contributed by atoms with Crippen LogP contribution < -0.4 is 0 Å². The monoisotopic (exact) mass is 399 g/mol. The summed E-state index contributed by atoms with van der Waals surface area (Å²) in [7, 11) is 0. The largest absolute Gasteiger partial charge is 0.334 e. The van der Waals surface area contributed by atoms with Crippen molar-refractivity contribution in [2.24, 2.45) is 0 Å². The number of fused-ring (bicyclic) bond motifs is 1. The minimum absolute atomic E-state index is 0.00183. The highest BCUT2D eigenvalue weighted by atomic mass is 35.5. The van der Waals surface area contributed by atoms with Crippen LogP contribution in [0, 0.1) is 0 Å². The van der Waals surface area contributed by atoms with Gasteiger partial charge in [0.1, 0.15) is 11.5 Å². The Bertz CT molecular complexity index is 1010. The highest BCUT2D eigenvalue weighted by Crippen LogP contribution is 2.32. The summed E-state index contributed by atoms with van der Waals surface area (Å²) in [5.74, 6) is 0.714. The SMILES string of the molecule is CC(C)N1CCc2nc(-c3cccc(Cl)c3)n(-c3ccc(Cl)cc3)c2C1=O. The lowest BCUT2D eigenvalue weighted by atomic mass is 10.1. The van der Waals surface area contributed by atoms with Crippen LogP contribution in [0.5, 0.6) is 0 Å². The molecule has 0 spiro atoms. The second-order valence-corrected chi connectivity index (χ2v) is 7.77. The zero-order valence-corrected chi connectivity index (χ0v) is 16.6. The molecular formula is C21H19Cl2N3O. The standard InChI is InChI=1S/C21H19Cl2N3O/c1-13(2)25-11-10-18-19(21(25)27)26(17-8-6-15(22)7-9-17)20(24-18)14-4-3-5-16(23)12-14/h3-9,12-13H,10-11H2,1-2H3. The van der Waals surface area contributed by atoms with E-state index >= 15 is 0 Å². The molecule has 2 aromatic carbocycles. The van der Waals surface area contributed by atoms with Crippen molar-refractivity contribution in [3.63, 3.8) is 0 Å². The van der Waals surface area contributed by atoms with Gasteiger partial charge in [0.2, 0.25) is 0 Å². The highest BCUT2D eigenvalue weighted by molar-refractivity contribution is 6.31. The molecule has 0 saturated carbocycles. The molecule has 4 nitrogen and oxygen atoms in total. The Labute approximate surface area is 168 Å². The van der Waals surface area contributed by atoms with Gasteiger partial charge in [-0.3, -0.25) is 9.36 Å². The summed E-state index contributed by atoms with van der Waals surface area (Å²) in [6.07, 6.45) is 0.730. The first-order chi connectivity index (χ1) is 13.0. The normalized spacial score (nSPS) is 14.0. The van der Waals surface area contributed by atoms with E-state index < -0.39 is 0 Å². The number of hydrogen-bond acceptors (Lipinski definition) is 2. The van der Waals surface area contributed by atoms with E-state index in [0.29, 0.717) is 28.1 Å². The maximum atomic E-state index is 13.2. The fourth-order valence-electron chi connectivity index (χ4n) is 3.48. The van der Waals surface area contributed by atoms with Crippen LogP contribution in [-0.2, 0) is 6.42 Å². The van der Waals surface area contributed by atoms with Crippen molar-refractivity contribution >= 4 is 29.1 Å². The van der Waals surface area contributed by atoms with E-state index in [9.17, 15) is 4.79 Å². The molecule has 27 heavy (non-hydrogen) atoms. The van der Waals surface area contributed by atoms with Crippen molar-refractivity contribution in [2.75, 3.05) is 6.54 Å². The van der Waals surface area contributed by atoms with E-state index in [-0.39, 0.29) is 11.9 Å². The molecular weight excluding hydrogens is 381 g/mol. The summed E-state index contributed by atoms with van der Waals surface area (Å²) in [6.45, 7) is 4.74. The Morgan fingerprint density at radius 3 is 2.44 bits per heavy atom. The van der Waals surface area contributed by atoms with Gasteiger partial charge in [0.25, 0.3) is 5.91 Å². The van der Waals surface area contributed by atoms with Crippen LogP contribution >= 0.6 is 23.2 Å². The van der Waals surface area contributed by atoms with Crippen LogP contribution in [0.15, 0.2) is 48.5 Å². The maximum Gasteiger partial charge on any atom is 0.273 e. The van der Waals surface area contributed by atoms with Crippen LogP contribution in [-0.4, -0.2) is 32.9 Å². The molecule has 3 aromatic rings. The Hall–Kier alpha value is -2.30. The van der Waals surface area contributed by atoms with Gasteiger partial charge in [-0.15, -0.1) is 0 Å². The summed E-state index contributed by atoms with van der Waals surface area (Å²) >= 11 is 12.3. The summed E-state index contributed by atoms with van der Waals surface area (Å²) in [5, 5.41) is 1.28. The lowest BCUT2D eigenvalue weighted by Crippen LogP contribution is -2.42. The molecule has 0 fully saturated rings. The van der Waals surface area contributed by atoms with Crippen LogP contribution in [0.2, 0.25) is 10.0 Å². The number of halogens is 2. The van der Waals surface area contributed by atoms with Crippen molar-refractivity contribution in [3.05, 3.63) is 70.0 Å². The molecule has 0 bridgehead atoms. The molecule has 0 aliphatic carbocycles. The molecule has 0 saturated heterocycles. The molecule has 6 heteroatoms. The lowest BCUT2D eigenvalue weighted by Gasteiger charge is -2.30. The summed E-state index contributed by atoms with van der Waals surface area (Å²) < 4.78 is 1.92. The van der Waals surface area contributed by atoms with Gasteiger partial charge >= 0.3 is 0 Å². The van der Waals surface area contributed by atoms with Gasteiger partial charge in [-0.1, -0.05) is 35.3 Å². The van der Waals surface area contributed by atoms with Crippen molar-refractivity contribution in [2.45, 2.75) is 26.3 Å². The number of carbonyl (C=O) groups excluding carboxylic acids is 1. The van der Waals surface area contributed by atoms with Gasteiger partial charge in [-0.2, -0.15) is 0 Å². The predicted octanol–water partition coefficient (Wildman–Crippen LogP) is 5.25. The third kappa shape index (κ3) is 3.24. The minimum Gasteiger partial charge on any atom is -0.334 e. The Morgan fingerprint density at radius 2 is 1.78 bits per heavy atom. The number of rotatable bonds is 3. The maximum absolute atomic E-state index is 13.2. The van der Waals surface area contributed by atoms with Crippen molar-refractivity contribution < 1.29 is 4.79 Å². The average Bonchev–Trinajstić information content (AvgIpc) is 3.03. The molecule has 1 amide bonds. The van der Waals surface area contributed by atoms with E-state index in [1.165, 1.54) is 0 Å². The quantitative estimate of drug-likeness (QED) is 0.602. The number of benzene rings is 2. The zero-order valence-electron chi connectivity index (χ0n) is 15.1. The molecule has 4 rings (SSSR count). The van der Waals surface area contributed by atoms with Crippen molar-refractivity contribution in [1.82, 2.24) is 14.5 Å². The number of hydrogen-bond donors (Lipinski definition) is 0.